The highest BCUT2D eigenvalue weighted by Gasteiger charge is 2.36. The van der Waals surface area contributed by atoms with E-state index < -0.39 is 17.7 Å². The normalized spacial score (nSPS) is 20.4. The Balaban J connectivity index is 1.49. The molecule has 2 aliphatic heterocycles. The summed E-state index contributed by atoms with van der Waals surface area (Å²) in [6, 6.07) is 7.99. The number of hydrogen-bond acceptors (Lipinski definition) is 4. The number of hydrogen-bond donors (Lipinski definition) is 1. The second-order valence-corrected chi connectivity index (χ2v) is 8.85. The molecule has 1 aromatic carbocycles. The minimum atomic E-state index is -0.558. The van der Waals surface area contributed by atoms with E-state index in [0.29, 0.717) is 19.5 Å². The van der Waals surface area contributed by atoms with Gasteiger partial charge in [-0.15, -0.1) is 0 Å². The van der Waals surface area contributed by atoms with E-state index in [4.69, 9.17) is 4.74 Å². The predicted molar refractivity (Wildman–Crippen MR) is 109 cm³/mol. The van der Waals surface area contributed by atoms with Gasteiger partial charge in [-0.1, -0.05) is 24.3 Å². The monoisotopic (exact) mass is 387 g/mol. The third-order valence-electron chi connectivity index (χ3n) is 5.28. The molecule has 2 fully saturated rings. The third-order valence-corrected chi connectivity index (χ3v) is 5.28. The Bertz CT molecular complexity index is 675. The van der Waals surface area contributed by atoms with Crippen LogP contribution in [0.25, 0.3) is 0 Å². The molecule has 1 N–H and O–H groups in total. The van der Waals surface area contributed by atoms with Crippen LogP contribution in [0.5, 0.6) is 0 Å². The minimum Gasteiger partial charge on any atom is -0.444 e. The molecule has 3 rings (SSSR count). The Labute approximate surface area is 168 Å². The number of ether oxygens (including phenoxy) is 1. The fourth-order valence-electron chi connectivity index (χ4n) is 3.85. The first-order valence-electron chi connectivity index (χ1n) is 10.4. The van der Waals surface area contributed by atoms with Crippen molar-refractivity contribution in [3.63, 3.8) is 0 Å². The largest absolute Gasteiger partial charge is 0.444 e. The number of nitrogens with one attached hydrogen (secondary N) is 1. The van der Waals surface area contributed by atoms with Crippen LogP contribution >= 0.6 is 0 Å². The molecule has 2 saturated heterocycles. The molecular formula is C22H33N3O3. The van der Waals surface area contributed by atoms with Crippen molar-refractivity contribution in [1.82, 2.24) is 15.1 Å². The number of benzene rings is 1. The maximum Gasteiger partial charge on any atom is 0.410 e. The van der Waals surface area contributed by atoms with Gasteiger partial charge >= 0.3 is 6.09 Å². The second kappa shape index (κ2) is 8.95. The average Bonchev–Trinajstić information content (AvgIpc) is 3.31. The van der Waals surface area contributed by atoms with E-state index in [2.05, 4.69) is 34.5 Å². The summed E-state index contributed by atoms with van der Waals surface area (Å²) >= 11 is 0. The summed E-state index contributed by atoms with van der Waals surface area (Å²) in [7, 11) is 0. The molecule has 0 bridgehead atoms. The molecule has 2 heterocycles. The van der Waals surface area contributed by atoms with Crippen molar-refractivity contribution in [3.8, 4) is 0 Å². The maximum absolute atomic E-state index is 12.6. The number of nitrogens with zero attached hydrogens (tertiary/aromatic N) is 2. The first-order chi connectivity index (χ1) is 13.3. The van der Waals surface area contributed by atoms with Gasteiger partial charge in [0, 0.05) is 19.6 Å². The Kier molecular flexibility index (Phi) is 6.60. The van der Waals surface area contributed by atoms with Crippen molar-refractivity contribution in [2.75, 3.05) is 19.6 Å². The Morgan fingerprint density at radius 1 is 1.04 bits per heavy atom. The summed E-state index contributed by atoms with van der Waals surface area (Å²) < 4.78 is 5.44. The molecule has 28 heavy (non-hydrogen) atoms. The van der Waals surface area contributed by atoms with Crippen molar-refractivity contribution >= 4 is 12.0 Å². The number of carbonyl (C=O) groups excluding carboxylic acids is 2. The van der Waals surface area contributed by atoms with Crippen molar-refractivity contribution in [2.24, 2.45) is 0 Å². The first kappa shape index (κ1) is 20.6. The average molecular weight is 388 g/mol. The molecule has 6 heteroatoms. The summed E-state index contributed by atoms with van der Waals surface area (Å²) in [5, 5.41) is 2.98. The van der Waals surface area contributed by atoms with Gasteiger partial charge in [-0.25, -0.2) is 4.79 Å². The van der Waals surface area contributed by atoms with Gasteiger partial charge in [-0.05, 0) is 70.7 Å². The fourth-order valence-corrected chi connectivity index (χ4v) is 3.85. The fraction of sp³-hybridized carbons (Fsp3) is 0.636. The number of carbonyl (C=O) groups is 2. The molecule has 1 atom stereocenters. The van der Waals surface area contributed by atoms with E-state index >= 15 is 0 Å². The zero-order chi connectivity index (χ0) is 20.1. The van der Waals surface area contributed by atoms with Gasteiger partial charge in [0.15, 0.2) is 0 Å². The zero-order valence-corrected chi connectivity index (χ0v) is 17.4. The first-order valence-corrected chi connectivity index (χ1v) is 10.4. The van der Waals surface area contributed by atoms with Gasteiger partial charge in [-0.3, -0.25) is 14.6 Å². The van der Waals surface area contributed by atoms with Gasteiger partial charge in [-0.2, -0.15) is 0 Å². The predicted octanol–water partition coefficient (Wildman–Crippen LogP) is 3.30. The topological polar surface area (TPSA) is 61.9 Å². The molecule has 0 aliphatic carbocycles. The SMILES string of the molecule is CC(C)(C)OC(=O)N1CCCC1C(=O)NCc1ccc(CN2CCCC2)cc1. The molecule has 2 aliphatic rings. The Hall–Kier alpha value is -2.08. The molecular weight excluding hydrogens is 354 g/mol. The Morgan fingerprint density at radius 2 is 1.68 bits per heavy atom. The highest BCUT2D eigenvalue weighted by atomic mass is 16.6. The summed E-state index contributed by atoms with van der Waals surface area (Å²) in [6.45, 7) is 9.93. The van der Waals surface area contributed by atoms with Crippen LogP contribution in [0.2, 0.25) is 0 Å². The quantitative estimate of drug-likeness (QED) is 0.842. The van der Waals surface area contributed by atoms with Gasteiger partial charge in [0.25, 0.3) is 0 Å². The molecule has 0 saturated carbocycles. The van der Waals surface area contributed by atoms with E-state index in [1.807, 2.05) is 20.8 Å². The number of likely N-dealkylation sites (tertiary alicyclic amines) is 2. The van der Waals surface area contributed by atoms with Crippen LogP contribution in [0.15, 0.2) is 24.3 Å². The van der Waals surface area contributed by atoms with Crippen LogP contribution in [0.3, 0.4) is 0 Å². The smallest absolute Gasteiger partial charge is 0.410 e. The standard InChI is InChI=1S/C22H33N3O3/c1-22(2,3)28-21(27)25-14-6-7-19(25)20(26)23-15-17-8-10-18(11-9-17)16-24-12-4-5-13-24/h8-11,19H,4-7,12-16H2,1-3H3,(H,23,26). The number of rotatable bonds is 5. The van der Waals surface area contributed by atoms with E-state index in [9.17, 15) is 9.59 Å². The van der Waals surface area contributed by atoms with Gasteiger partial charge in [0.1, 0.15) is 11.6 Å². The van der Waals surface area contributed by atoms with Crippen LogP contribution < -0.4 is 5.32 Å². The maximum atomic E-state index is 12.6. The van der Waals surface area contributed by atoms with Crippen molar-refractivity contribution in [2.45, 2.75) is 71.2 Å². The minimum absolute atomic E-state index is 0.107. The molecule has 0 aromatic heterocycles. The lowest BCUT2D eigenvalue weighted by atomic mass is 10.1. The van der Waals surface area contributed by atoms with E-state index in [-0.39, 0.29) is 5.91 Å². The van der Waals surface area contributed by atoms with Gasteiger partial charge < -0.3 is 10.1 Å². The zero-order valence-electron chi connectivity index (χ0n) is 17.4. The van der Waals surface area contributed by atoms with Crippen LogP contribution in [0.4, 0.5) is 4.79 Å². The molecule has 154 valence electrons. The second-order valence-electron chi connectivity index (χ2n) is 8.85. The van der Waals surface area contributed by atoms with Crippen molar-refractivity contribution in [1.29, 1.82) is 0 Å². The van der Waals surface area contributed by atoms with Crippen molar-refractivity contribution < 1.29 is 14.3 Å². The lowest BCUT2D eigenvalue weighted by Crippen LogP contribution is -2.47. The molecule has 0 spiro atoms. The van der Waals surface area contributed by atoms with Crippen LogP contribution in [0, 0.1) is 0 Å². The molecule has 1 unspecified atom stereocenters. The summed E-state index contributed by atoms with van der Waals surface area (Å²) in [6.07, 6.45) is 3.69. The third kappa shape index (κ3) is 5.71. The summed E-state index contributed by atoms with van der Waals surface area (Å²) in [5.41, 5.74) is 1.82. The summed E-state index contributed by atoms with van der Waals surface area (Å²) in [4.78, 5) is 29.0. The van der Waals surface area contributed by atoms with Crippen molar-refractivity contribution in [3.05, 3.63) is 35.4 Å². The highest BCUT2D eigenvalue weighted by molar-refractivity contribution is 5.86. The van der Waals surface area contributed by atoms with E-state index in [1.54, 1.807) is 4.90 Å². The van der Waals surface area contributed by atoms with Gasteiger partial charge in [0.05, 0.1) is 0 Å². The van der Waals surface area contributed by atoms with Crippen LogP contribution in [-0.4, -0.2) is 53.1 Å². The van der Waals surface area contributed by atoms with Crippen LogP contribution in [0.1, 0.15) is 57.6 Å². The van der Waals surface area contributed by atoms with Gasteiger partial charge in [0.2, 0.25) is 5.91 Å². The molecule has 0 radical (unpaired) electrons. The lowest BCUT2D eigenvalue weighted by Gasteiger charge is -2.28. The highest BCUT2D eigenvalue weighted by Crippen LogP contribution is 2.21. The molecule has 2 amide bonds. The Morgan fingerprint density at radius 3 is 2.32 bits per heavy atom. The van der Waals surface area contributed by atoms with E-state index in [0.717, 1.165) is 18.5 Å². The lowest BCUT2D eigenvalue weighted by molar-refractivity contribution is -0.125. The number of amides is 2. The molecule has 1 aromatic rings. The van der Waals surface area contributed by atoms with E-state index in [1.165, 1.54) is 31.5 Å². The molecule has 6 nitrogen and oxygen atoms in total. The summed E-state index contributed by atoms with van der Waals surface area (Å²) in [5.74, 6) is -0.107. The van der Waals surface area contributed by atoms with Crippen LogP contribution in [-0.2, 0) is 22.6 Å².